The fourth-order valence-electron chi connectivity index (χ4n) is 2.89. The quantitative estimate of drug-likeness (QED) is 0.230. The smallest absolute Gasteiger partial charge is 0.226 e. The van der Waals surface area contributed by atoms with Crippen LogP contribution in [0.25, 0.3) is 0 Å². The van der Waals surface area contributed by atoms with Crippen molar-refractivity contribution < 1.29 is 14.3 Å². The molecule has 2 aromatic carbocycles. The van der Waals surface area contributed by atoms with E-state index in [9.17, 15) is 4.79 Å². The van der Waals surface area contributed by atoms with Crippen LogP contribution in [0, 0.1) is 0 Å². The number of hydrogen-bond acceptors (Lipinski definition) is 4. The van der Waals surface area contributed by atoms with E-state index in [0.29, 0.717) is 28.8 Å². The minimum atomic E-state index is -0.184. The highest BCUT2D eigenvalue weighted by molar-refractivity contribution is 7.80. The zero-order chi connectivity index (χ0) is 23.2. The van der Waals surface area contributed by atoms with Crippen LogP contribution in [0.2, 0.25) is 10.0 Å². The van der Waals surface area contributed by atoms with Crippen molar-refractivity contribution in [2.75, 3.05) is 18.5 Å². The molecule has 0 heterocycles. The summed E-state index contributed by atoms with van der Waals surface area (Å²) in [7, 11) is 0. The first-order chi connectivity index (χ1) is 15.5. The summed E-state index contributed by atoms with van der Waals surface area (Å²) in [5.74, 6) is 1.18. The highest BCUT2D eigenvalue weighted by Gasteiger charge is 2.07. The molecule has 174 valence electrons. The lowest BCUT2D eigenvalue weighted by molar-refractivity contribution is -0.119. The third-order valence-corrected chi connectivity index (χ3v) is 5.32. The molecule has 0 aliphatic rings. The molecule has 8 heteroatoms. The van der Waals surface area contributed by atoms with E-state index in [-0.39, 0.29) is 17.4 Å². The maximum atomic E-state index is 12.1. The molecule has 0 fully saturated rings. The van der Waals surface area contributed by atoms with Gasteiger partial charge >= 0.3 is 0 Å². The maximum absolute atomic E-state index is 12.1. The van der Waals surface area contributed by atoms with Crippen molar-refractivity contribution in [3.05, 3.63) is 52.5 Å². The van der Waals surface area contributed by atoms with Gasteiger partial charge in [0.2, 0.25) is 5.91 Å². The van der Waals surface area contributed by atoms with Crippen molar-refractivity contribution in [2.24, 2.45) is 0 Å². The summed E-state index contributed by atoms with van der Waals surface area (Å²) in [6.07, 6.45) is 6.84. The number of benzene rings is 2. The first-order valence-corrected chi connectivity index (χ1v) is 12.1. The van der Waals surface area contributed by atoms with Crippen LogP contribution in [-0.2, 0) is 4.79 Å². The Labute approximate surface area is 205 Å². The Kier molecular flexibility index (Phi) is 12.2. The summed E-state index contributed by atoms with van der Waals surface area (Å²) in [5, 5.41) is 6.91. The number of carbonyl (C=O) groups is 1. The molecular weight excluding hydrogens is 467 g/mol. The summed E-state index contributed by atoms with van der Waals surface area (Å²) < 4.78 is 11.3. The van der Waals surface area contributed by atoms with Gasteiger partial charge in [-0.25, -0.2) is 0 Å². The molecule has 0 aliphatic carbocycles. The second-order valence-corrected chi connectivity index (χ2v) is 8.57. The lowest BCUT2D eigenvalue weighted by Crippen LogP contribution is -2.34. The molecule has 0 spiro atoms. The van der Waals surface area contributed by atoms with E-state index in [4.69, 9.17) is 44.9 Å². The van der Waals surface area contributed by atoms with Crippen molar-refractivity contribution in [1.82, 2.24) is 5.32 Å². The summed E-state index contributed by atoms with van der Waals surface area (Å²) in [6, 6.07) is 12.5. The lowest BCUT2D eigenvalue weighted by atomic mass is 10.2. The maximum Gasteiger partial charge on any atom is 0.226 e. The van der Waals surface area contributed by atoms with E-state index in [1.54, 1.807) is 18.2 Å². The Morgan fingerprint density at radius 2 is 1.66 bits per heavy atom. The number of nitrogens with one attached hydrogen (secondary N) is 2. The standard InChI is InChI=1S/C24H30Cl2N2O3S/c1-2-3-4-5-6-15-30-20-12-10-19(11-13-20)27-24(32)28-23(29)8-7-16-31-22-14-9-18(25)17-21(22)26/h9-14,17H,2-8,15-16H2,1H3,(H2,27,28,29,32). The van der Waals surface area contributed by atoms with Crippen LogP contribution < -0.4 is 20.1 Å². The van der Waals surface area contributed by atoms with Crippen LogP contribution in [0.4, 0.5) is 5.69 Å². The predicted molar refractivity (Wildman–Crippen MR) is 136 cm³/mol. The lowest BCUT2D eigenvalue weighted by Gasteiger charge is -2.11. The fraction of sp³-hybridized carbons (Fsp3) is 0.417. The number of amides is 1. The molecule has 5 nitrogen and oxygen atoms in total. The van der Waals surface area contributed by atoms with E-state index in [1.165, 1.54) is 25.7 Å². The Morgan fingerprint density at radius 3 is 2.38 bits per heavy atom. The number of ether oxygens (including phenoxy) is 2. The SMILES string of the molecule is CCCCCCCOc1ccc(NC(=S)NC(=O)CCCOc2ccc(Cl)cc2Cl)cc1. The second-order valence-electron chi connectivity index (χ2n) is 7.32. The first kappa shape index (κ1) is 26.2. The van der Waals surface area contributed by atoms with Gasteiger partial charge in [-0.05, 0) is 67.5 Å². The monoisotopic (exact) mass is 496 g/mol. The van der Waals surface area contributed by atoms with Crippen LogP contribution in [0.15, 0.2) is 42.5 Å². The zero-order valence-electron chi connectivity index (χ0n) is 18.3. The van der Waals surface area contributed by atoms with Gasteiger partial charge in [-0.2, -0.15) is 0 Å². The fourth-order valence-corrected chi connectivity index (χ4v) is 3.58. The third-order valence-electron chi connectivity index (χ3n) is 4.58. The number of anilines is 1. The highest BCUT2D eigenvalue weighted by atomic mass is 35.5. The molecule has 0 aromatic heterocycles. The summed E-state index contributed by atoms with van der Waals surface area (Å²) in [5.41, 5.74) is 0.784. The summed E-state index contributed by atoms with van der Waals surface area (Å²) in [4.78, 5) is 12.1. The Balaban J connectivity index is 1.61. The van der Waals surface area contributed by atoms with Crippen molar-refractivity contribution in [2.45, 2.75) is 51.9 Å². The molecule has 2 N–H and O–H groups in total. The van der Waals surface area contributed by atoms with Gasteiger partial charge in [-0.3, -0.25) is 4.79 Å². The van der Waals surface area contributed by atoms with Gasteiger partial charge in [0.15, 0.2) is 5.11 Å². The molecule has 0 bridgehead atoms. The van der Waals surface area contributed by atoms with Gasteiger partial charge in [0.1, 0.15) is 11.5 Å². The predicted octanol–water partition coefficient (Wildman–Crippen LogP) is 7.01. The molecule has 32 heavy (non-hydrogen) atoms. The number of unbranched alkanes of at least 4 members (excludes halogenated alkanes) is 4. The van der Waals surface area contributed by atoms with Gasteiger partial charge < -0.3 is 20.1 Å². The number of carbonyl (C=O) groups excluding carboxylic acids is 1. The molecule has 0 radical (unpaired) electrons. The molecule has 2 aromatic rings. The number of rotatable bonds is 13. The number of thiocarbonyl (C=S) groups is 1. The van der Waals surface area contributed by atoms with E-state index in [0.717, 1.165) is 24.5 Å². The van der Waals surface area contributed by atoms with Crippen LogP contribution in [0.5, 0.6) is 11.5 Å². The highest BCUT2D eigenvalue weighted by Crippen LogP contribution is 2.27. The Hall–Kier alpha value is -2.02. The number of hydrogen-bond donors (Lipinski definition) is 2. The molecule has 0 saturated heterocycles. The van der Waals surface area contributed by atoms with Gasteiger partial charge in [0.25, 0.3) is 0 Å². The molecular formula is C24H30Cl2N2O3S. The molecule has 0 aliphatic heterocycles. The number of halogens is 2. The van der Waals surface area contributed by atoms with Crippen LogP contribution in [-0.4, -0.2) is 24.2 Å². The average Bonchev–Trinajstić information content (AvgIpc) is 2.76. The van der Waals surface area contributed by atoms with E-state index < -0.39 is 0 Å². The van der Waals surface area contributed by atoms with Gasteiger partial charge in [-0.1, -0.05) is 55.8 Å². The molecule has 0 saturated carbocycles. The summed E-state index contributed by atoms with van der Waals surface area (Å²) in [6.45, 7) is 3.28. The average molecular weight is 497 g/mol. The molecule has 0 atom stereocenters. The summed E-state index contributed by atoms with van der Waals surface area (Å²) >= 11 is 17.1. The van der Waals surface area contributed by atoms with Crippen molar-refractivity contribution in [3.8, 4) is 11.5 Å². The van der Waals surface area contributed by atoms with Gasteiger partial charge in [0, 0.05) is 17.1 Å². The van der Waals surface area contributed by atoms with Crippen molar-refractivity contribution >= 4 is 52.1 Å². The minimum Gasteiger partial charge on any atom is -0.494 e. The van der Waals surface area contributed by atoms with Crippen molar-refractivity contribution in [3.63, 3.8) is 0 Å². The van der Waals surface area contributed by atoms with Crippen LogP contribution >= 0.6 is 35.4 Å². The third kappa shape index (κ3) is 10.5. The van der Waals surface area contributed by atoms with Gasteiger partial charge in [-0.15, -0.1) is 0 Å². The second kappa shape index (κ2) is 14.9. The zero-order valence-corrected chi connectivity index (χ0v) is 20.6. The van der Waals surface area contributed by atoms with Crippen LogP contribution in [0.3, 0.4) is 0 Å². The van der Waals surface area contributed by atoms with Gasteiger partial charge in [0.05, 0.1) is 18.2 Å². The topological polar surface area (TPSA) is 59.6 Å². The largest absolute Gasteiger partial charge is 0.494 e. The first-order valence-electron chi connectivity index (χ1n) is 10.9. The minimum absolute atomic E-state index is 0.184. The normalized spacial score (nSPS) is 10.5. The molecule has 2 rings (SSSR count). The Morgan fingerprint density at radius 1 is 0.938 bits per heavy atom. The van der Waals surface area contributed by atoms with Crippen LogP contribution in [0.1, 0.15) is 51.9 Å². The molecule has 0 unspecified atom stereocenters. The molecule has 1 amide bonds. The van der Waals surface area contributed by atoms with E-state index >= 15 is 0 Å². The van der Waals surface area contributed by atoms with E-state index in [1.807, 2.05) is 24.3 Å². The van der Waals surface area contributed by atoms with Crippen molar-refractivity contribution in [1.29, 1.82) is 0 Å². The van der Waals surface area contributed by atoms with E-state index in [2.05, 4.69) is 17.6 Å². The Bertz CT molecular complexity index is 863.